The van der Waals surface area contributed by atoms with E-state index < -0.39 is 5.82 Å². The maximum Gasteiger partial charge on any atom is 0.270 e. The summed E-state index contributed by atoms with van der Waals surface area (Å²) in [7, 11) is 0. The molecular formula is C23H13Cl3FNO2S2. The van der Waals surface area contributed by atoms with Crippen molar-refractivity contribution in [3.63, 3.8) is 0 Å². The van der Waals surface area contributed by atoms with Crippen LogP contribution in [0.3, 0.4) is 0 Å². The molecule has 0 N–H and O–H groups in total. The van der Waals surface area contributed by atoms with Gasteiger partial charge in [0.15, 0.2) is 4.32 Å². The largest absolute Gasteiger partial charge is 0.489 e. The number of thiocarbonyl (C=S) groups is 1. The number of halogens is 4. The Kier molecular flexibility index (Phi) is 7.08. The molecule has 0 bridgehead atoms. The number of anilines is 1. The van der Waals surface area contributed by atoms with Gasteiger partial charge in [-0.15, -0.1) is 0 Å². The van der Waals surface area contributed by atoms with Crippen molar-refractivity contribution in [2.24, 2.45) is 0 Å². The first-order valence-electron chi connectivity index (χ1n) is 9.22. The predicted octanol–water partition coefficient (Wildman–Crippen LogP) is 7.77. The van der Waals surface area contributed by atoms with Gasteiger partial charge >= 0.3 is 0 Å². The highest BCUT2D eigenvalue weighted by molar-refractivity contribution is 8.27. The maximum absolute atomic E-state index is 13.9. The lowest BCUT2D eigenvalue weighted by Gasteiger charge is -2.16. The van der Waals surface area contributed by atoms with Gasteiger partial charge in [0.25, 0.3) is 5.91 Å². The number of carbonyl (C=O) groups excluding carboxylic acids is 1. The lowest BCUT2D eigenvalue weighted by Crippen LogP contribution is -2.27. The lowest BCUT2D eigenvalue weighted by molar-refractivity contribution is -0.113. The van der Waals surface area contributed by atoms with E-state index in [-0.39, 0.29) is 12.5 Å². The van der Waals surface area contributed by atoms with Gasteiger partial charge in [-0.3, -0.25) is 9.69 Å². The van der Waals surface area contributed by atoms with Gasteiger partial charge in [-0.2, -0.15) is 0 Å². The number of amides is 1. The van der Waals surface area contributed by atoms with Gasteiger partial charge in [-0.05, 0) is 54.1 Å². The normalized spacial score (nSPS) is 15.0. The fourth-order valence-electron chi connectivity index (χ4n) is 2.98. The van der Waals surface area contributed by atoms with Crippen LogP contribution >= 0.6 is 58.8 Å². The third-order valence-corrected chi connectivity index (χ3v) is 6.76. The molecule has 3 aromatic carbocycles. The van der Waals surface area contributed by atoms with E-state index in [0.717, 1.165) is 5.56 Å². The summed E-state index contributed by atoms with van der Waals surface area (Å²) in [5.41, 5.74) is 1.56. The molecule has 1 aliphatic heterocycles. The highest BCUT2D eigenvalue weighted by Gasteiger charge is 2.34. The highest BCUT2D eigenvalue weighted by Crippen LogP contribution is 2.39. The second-order valence-electron chi connectivity index (χ2n) is 6.67. The van der Waals surface area contributed by atoms with E-state index in [1.807, 2.05) is 0 Å². The van der Waals surface area contributed by atoms with Gasteiger partial charge in [0.2, 0.25) is 0 Å². The van der Waals surface area contributed by atoms with E-state index in [0.29, 0.717) is 41.3 Å². The van der Waals surface area contributed by atoms with Crippen LogP contribution in [-0.4, -0.2) is 10.2 Å². The number of benzene rings is 3. The minimum atomic E-state index is -0.420. The molecule has 1 fully saturated rings. The van der Waals surface area contributed by atoms with Crippen molar-refractivity contribution in [1.29, 1.82) is 0 Å². The molecule has 3 nitrogen and oxygen atoms in total. The first-order chi connectivity index (χ1) is 15.3. The third-order valence-electron chi connectivity index (χ3n) is 4.57. The van der Waals surface area contributed by atoms with Crippen LogP contribution in [0.5, 0.6) is 5.75 Å². The second kappa shape index (κ2) is 9.81. The molecule has 3 aromatic rings. The van der Waals surface area contributed by atoms with Crippen molar-refractivity contribution in [2.75, 3.05) is 4.90 Å². The number of rotatable bonds is 5. The molecule has 0 unspecified atom stereocenters. The van der Waals surface area contributed by atoms with Gasteiger partial charge in [0, 0.05) is 10.6 Å². The molecule has 0 spiro atoms. The molecule has 1 saturated heterocycles. The molecule has 32 heavy (non-hydrogen) atoms. The van der Waals surface area contributed by atoms with E-state index in [4.69, 9.17) is 51.8 Å². The SMILES string of the molecule is O=C1/C(=C\c2ccc(OCc3c(F)cccc3Cl)cc2)SC(=S)N1c1ccc(Cl)cc1Cl. The summed E-state index contributed by atoms with van der Waals surface area (Å²) in [6.45, 7) is 0.00532. The van der Waals surface area contributed by atoms with E-state index in [1.54, 1.807) is 60.7 Å². The third kappa shape index (κ3) is 4.95. The lowest BCUT2D eigenvalue weighted by atomic mass is 10.2. The van der Waals surface area contributed by atoms with Crippen molar-refractivity contribution in [3.8, 4) is 5.75 Å². The van der Waals surface area contributed by atoms with E-state index in [1.165, 1.54) is 22.7 Å². The van der Waals surface area contributed by atoms with Crippen LogP contribution < -0.4 is 9.64 Å². The van der Waals surface area contributed by atoms with Crippen molar-refractivity contribution in [2.45, 2.75) is 6.61 Å². The Labute approximate surface area is 208 Å². The summed E-state index contributed by atoms with van der Waals surface area (Å²) < 4.78 is 19.9. The van der Waals surface area contributed by atoms with Crippen LogP contribution in [0.4, 0.5) is 10.1 Å². The van der Waals surface area contributed by atoms with E-state index in [9.17, 15) is 9.18 Å². The predicted molar refractivity (Wildman–Crippen MR) is 134 cm³/mol. The number of carbonyl (C=O) groups is 1. The molecule has 9 heteroatoms. The summed E-state index contributed by atoms with van der Waals surface area (Å²) in [4.78, 5) is 14.8. The fraction of sp³-hybridized carbons (Fsp3) is 0.0435. The molecule has 0 radical (unpaired) electrons. The first-order valence-corrected chi connectivity index (χ1v) is 11.6. The average molecular weight is 525 g/mol. The Morgan fingerprint density at radius 1 is 1.03 bits per heavy atom. The van der Waals surface area contributed by atoms with E-state index >= 15 is 0 Å². The zero-order valence-electron chi connectivity index (χ0n) is 16.2. The van der Waals surface area contributed by atoms with Crippen molar-refractivity contribution in [1.82, 2.24) is 0 Å². The van der Waals surface area contributed by atoms with Gasteiger partial charge in [-0.1, -0.05) is 77.0 Å². The Bertz CT molecular complexity index is 1230. The number of ether oxygens (including phenoxy) is 1. The number of thioether (sulfide) groups is 1. The molecule has 0 atom stereocenters. The summed E-state index contributed by atoms with van der Waals surface area (Å²) in [6.07, 6.45) is 1.74. The summed E-state index contributed by atoms with van der Waals surface area (Å²) in [5.74, 6) is -0.141. The molecule has 162 valence electrons. The topological polar surface area (TPSA) is 29.5 Å². The number of hydrogen-bond acceptors (Lipinski definition) is 4. The van der Waals surface area contributed by atoms with Crippen molar-refractivity contribution < 1.29 is 13.9 Å². The molecule has 0 saturated carbocycles. The molecule has 4 rings (SSSR count). The highest BCUT2D eigenvalue weighted by atomic mass is 35.5. The Hall–Kier alpha value is -2.09. The maximum atomic E-state index is 13.9. The Morgan fingerprint density at radius 3 is 2.47 bits per heavy atom. The first kappa shape index (κ1) is 23.1. The van der Waals surface area contributed by atoms with Crippen LogP contribution in [0.15, 0.2) is 65.6 Å². The van der Waals surface area contributed by atoms with Crippen molar-refractivity contribution >= 4 is 80.8 Å². The summed E-state index contributed by atoms with van der Waals surface area (Å²) in [6, 6.07) is 16.4. The number of nitrogens with zero attached hydrogens (tertiary/aromatic N) is 1. The monoisotopic (exact) mass is 523 g/mol. The quantitative estimate of drug-likeness (QED) is 0.252. The van der Waals surface area contributed by atoms with Gasteiger partial charge in [0.05, 0.1) is 20.6 Å². The smallest absolute Gasteiger partial charge is 0.270 e. The zero-order valence-corrected chi connectivity index (χ0v) is 20.1. The van der Waals surface area contributed by atoms with Gasteiger partial charge in [-0.25, -0.2) is 4.39 Å². The molecular weight excluding hydrogens is 512 g/mol. The van der Waals surface area contributed by atoms with Crippen LogP contribution in [0, 0.1) is 5.82 Å². The Balaban J connectivity index is 1.48. The van der Waals surface area contributed by atoms with Gasteiger partial charge < -0.3 is 4.74 Å². The minimum Gasteiger partial charge on any atom is -0.489 e. The Morgan fingerprint density at radius 2 is 1.78 bits per heavy atom. The molecule has 1 heterocycles. The number of hydrogen-bond donors (Lipinski definition) is 0. The summed E-state index contributed by atoms with van der Waals surface area (Å²) in [5, 5.41) is 1.12. The average Bonchev–Trinajstić information content (AvgIpc) is 3.02. The molecule has 1 amide bonds. The van der Waals surface area contributed by atoms with Crippen LogP contribution in [-0.2, 0) is 11.4 Å². The van der Waals surface area contributed by atoms with Gasteiger partial charge in [0.1, 0.15) is 18.2 Å². The van der Waals surface area contributed by atoms with Crippen LogP contribution in [0.2, 0.25) is 15.1 Å². The van der Waals surface area contributed by atoms with Crippen molar-refractivity contribution in [3.05, 3.63) is 97.6 Å². The molecule has 1 aliphatic rings. The second-order valence-corrected chi connectivity index (χ2v) is 9.60. The standard InChI is InChI=1S/C23H13Cl3FNO2S2/c24-14-6-9-20(18(26)11-14)28-22(29)21(32-23(28)31)10-13-4-7-15(8-5-13)30-12-16-17(25)2-1-3-19(16)27/h1-11H,12H2/b21-10+. The molecule has 0 aliphatic carbocycles. The van der Waals surface area contributed by atoms with E-state index in [2.05, 4.69) is 0 Å². The molecule has 0 aromatic heterocycles. The van der Waals surface area contributed by atoms with Crippen LogP contribution in [0.1, 0.15) is 11.1 Å². The van der Waals surface area contributed by atoms with Crippen LogP contribution in [0.25, 0.3) is 6.08 Å². The zero-order chi connectivity index (χ0) is 22.8. The summed E-state index contributed by atoms with van der Waals surface area (Å²) >= 11 is 24.8. The fourth-order valence-corrected chi connectivity index (χ4v) is 4.97. The minimum absolute atomic E-state index is 0.00532.